The zero-order valence-electron chi connectivity index (χ0n) is 6.14. The average Bonchev–Trinajstić information content (AvgIpc) is 2.33. The Balaban J connectivity index is 2.53. The highest BCUT2D eigenvalue weighted by Gasteiger charge is 2.31. The van der Waals surface area contributed by atoms with Crippen molar-refractivity contribution >= 4 is 12.6 Å². The van der Waals surface area contributed by atoms with Gasteiger partial charge in [0, 0.05) is 6.54 Å². The molecule has 0 amide bonds. The second-order valence-corrected chi connectivity index (χ2v) is 2.64. The first-order valence-electron chi connectivity index (χ1n) is 3.60. The van der Waals surface area contributed by atoms with Crippen LogP contribution in [0.2, 0.25) is 0 Å². The van der Waals surface area contributed by atoms with Crippen LogP contribution in [0.3, 0.4) is 0 Å². The van der Waals surface area contributed by atoms with Gasteiger partial charge in [-0.2, -0.15) is 0 Å². The summed E-state index contributed by atoms with van der Waals surface area (Å²) in [4.78, 5) is 22.1. The number of aldehydes is 2. The predicted octanol–water partition coefficient (Wildman–Crippen LogP) is -1.18. The maximum absolute atomic E-state index is 10.4. The molecule has 2 atom stereocenters. The van der Waals surface area contributed by atoms with Crippen molar-refractivity contribution in [3.8, 4) is 0 Å². The third-order valence-corrected chi connectivity index (χ3v) is 1.98. The second kappa shape index (κ2) is 3.59. The minimum Gasteiger partial charge on any atom is -0.391 e. The topological polar surface area (TPSA) is 57.6 Å². The summed E-state index contributed by atoms with van der Waals surface area (Å²) in [6.07, 6.45) is 1.43. The van der Waals surface area contributed by atoms with Crippen molar-refractivity contribution in [2.45, 2.75) is 18.6 Å². The van der Waals surface area contributed by atoms with E-state index in [-0.39, 0.29) is 6.54 Å². The van der Waals surface area contributed by atoms with E-state index in [1.165, 1.54) is 0 Å². The number of hydrogen-bond donors (Lipinski definition) is 1. The quantitative estimate of drug-likeness (QED) is 0.524. The molecular weight excluding hydrogens is 146 g/mol. The van der Waals surface area contributed by atoms with E-state index in [4.69, 9.17) is 0 Å². The first kappa shape index (κ1) is 8.36. The minimum absolute atomic E-state index is 0.237. The summed E-state index contributed by atoms with van der Waals surface area (Å²) in [5.74, 6) is 0. The van der Waals surface area contributed by atoms with Gasteiger partial charge in [0.2, 0.25) is 0 Å². The van der Waals surface area contributed by atoms with Gasteiger partial charge in [-0.1, -0.05) is 0 Å². The standard InChI is InChI=1S/C7H11NO3/c9-4-3-8-2-1-7(11)6(8)5-10/h4-7,11H,1-3H2/t6-,7-/m0/s1. The molecule has 0 radical (unpaired) electrons. The summed E-state index contributed by atoms with van der Waals surface area (Å²) in [7, 11) is 0. The number of aliphatic hydroxyl groups is 1. The molecule has 0 saturated carbocycles. The van der Waals surface area contributed by atoms with Crippen LogP contribution in [0.15, 0.2) is 0 Å². The fourth-order valence-corrected chi connectivity index (χ4v) is 1.35. The van der Waals surface area contributed by atoms with Gasteiger partial charge in [0.05, 0.1) is 18.7 Å². The maximum Gasteiger partial charge on any atom is 0.139 e. The van der Waals surface area contributed by atoms with Crippen LogP contribution >= 0.6 is 0 Å². The summed E-state index contributed by atoms with van der Waals surface area (Å²) in [6, 6.07) is -0.472. The lowest BCUT2D eigenvalue weighted by Crippen LogP contribution is -2.37. The SMILES string of the molecule is O=CCN1CC[C@H](O)[C@@H]1C=O. The molecule has 0 unspecified atom stereocenters. The van der Waals surface area contributed by atoms with Crippen LogP contribution in [0.4, 0.5) is 0 Å². The van der Waals surface area contributed by atoms with E-state index >= 15 is 0 Å². The van der Waals surface area contributed by atoms with Gasteiger partial charge in [-0.25, -0.2) is 0 Å². The molecule has 1 rings (SSSR count). The third kappa shape index (κ3) is 1.64. The molecule has 0 bridgehead atoms. The summed E-state index contributed by atoms with van der Waals surface area (Å²) < 4.78 is 0. The Labute approximate surface area is 64.8 Å². The molecule has 0 spiro atoms. The normalized spacial score (nSPS) is 32.1. The average molecular weight is 157 g/mol. The Hall–Kier alpha value is -0.740. The molecule has 1 N–H and O–H groups in total. The Morgan fingerprint density at radius 2 is 2.27 bits per heavy atom. The zero-order chi connectivity index (χ0) is 8.27. The summed E-state index contributed by atoms with van der Waals surface area (Å²) in [6.45, 7) is 0.865. The lowest BCUT2D eigenvalue weighted by molar-refractivity contribution is -0.115. The van der Waals surface area contributed by atoms with E-state index < -0.39 is 12.1 Å². The number of carbonyl (C=O) groups is 2. The molecule has 4 nitrogen and oxygen atoms in total. The van der Waals surface area contributed by atoms with Crippen LogP contribution in [-0.2, 0) is 9.59 Å². The minimum atomic E-state index is -0.590. The van der Waals surface area contributed by atoms with Crippen LogP contribution in [0.1, 0.15) is 6.42 Å². The number of nitrogens with zero attached hydrogens (tertiary/aromatic N) is 1. The first-order chi connectivity index (χ1) is 5.29. The molecule has 1 fully saturated rings. The van der Waals surface area contributed by atoms with E-state index in [0.29, 0.717) is 19.3 Å². The number of carbonyl (C=O) groups excluding carboxylic acids is 2. The molecule has 0 aromatic carbocycles. The molecule has 62 valence electrons. The number of aliphatic hydroxyl groups excluding tert-OH is 1. The predicted molar refractivity (Wildman–Crippen MR) is 38.1 cm³/mol. The highest BCUT2D eigenvalue weighted by atomic mass is 16.3. The Morgan fingerprint density at radius 1 is 1.55 bits per heavy atom. The highest BCUT2D eigenvalue weighted by Crippen LogP contribution is 2.14. The van der Waals surface area contributed by atoms with E-state index in [1.807, 2.05) is 0 Å². The molecule has 0 aromatic heterocycles. The number of likely N-dealkylation sites (tertiary alicyclic amines) is 1. The van der Waals surface area contributed by atoms with Crippen molar-refractivity contribution in [3.05, 3.63) is 0 Å². The van der Waals surface area contributed by atoms with Crippen LogP contribution in [0.25, 0.3) is 0 Å². The van der Waals surface area contributed by atoms with Crippen molar-refractivity contribution in [2.75, 3.05) is 13.1 Å². The summed E-state index contributed by atoms with van der Waals surface area (Å²) in [5, 5.41) is 9.20. The molecule has 11 heavy (non-hydrogen) atoms. The fourth-order valence-electron chi connectivity index (χ4n) is 1.35. The molecule has 4 heteroatoms. The van der Waals surface area contributed by atoms with Crippen LogP contribution in [0.5, 0.6) is 0 Å². The number of rotatable bonds is 3. The smallest absolute Gasteiger partial charge is 0.139 e. The lowest BCUT2D eigenvalue weighted by Gasteiger charge is -2.17. The largest absolute Gasteiger partial charge is 0.391 e. The zero-order valence-corrected chi connectivity index (χ0v) is 6.14. The van der Waals surface area contributed by atoms with Crippen molar-refractivity contribution in [1.29, 1.82) is 0 Å². The van der Waals surface area contributed by atoms with Crippen molar-refractivity contribution in [3.63, 3.8) is 0 Å². The number of hydrogen-bond acceptors (Lipinski definition) is 4. The fraction of sp³-hybridized carbons (Fsp3) is 0.714. The van der Waals surface area contributed by atoms with E-state index in [1.54, 1.807) is 4.90 Å². The molecule has 1 heterocycles. The summed E-state index contributed by atoms with van der Waals surface area (Å²) in [5.41, 5.74) is 0. The molecule has 1 saturated heterocycles. The van der Waals surface area contributed by atoms with E-state index in [2.05, 4.69) is 0 Å². The van der Waals surface area contributed by atoms with Crippen molar-refractivity contribution < 1.29 is 14.7 Å². The maximum atomic E-state index is 10.4. The van der Waals surface area contributed by atoms with Crippen molar-refractivity contribution in [1.82, 2.24) is 4.90 Å². The van der Waals surface area contributed by atoms with Crippen LogP contribution in [0, 0.1) is 0 Å². The molecular formula is C7H11NO3. The van der Waals surface area contributed by atoms with Crippen LogP contribution < -0.4 is 0 Å². The Morgan fingerprint density at radius 3 is 2.82 bits per heavy atom. The van der Waals surface area contributed by atoms with Gasteiger partial charge in [-0.15, -0.1) is 0 Å². The first-order valence-corrected chi connectivity index (χ1v) is 3.60. The van der Waals surface area contributed by atoms with Crippen molar-refractivity contribution in [2.24, 2.45) is 0 Å². The summed E-state index contributed by atoms with van der Waals surface area (Å²) >= 11 is 0. The van der Waals surface area contributed by atoms with Gasteiger partial charge < -0.3 is 14.7 Å². The molecule has 0 aromatic rings. The lowest BCUT2D eigenvalue weighted by atomic mass is 10.2. The molecule has 1 aliphatic rings. The molecule has 0 aliphatic carbocycles. The van der Waals surface area contributed by atoms with Crippen LogP contribution in [-0.4, -0.2) is 47.8 Å². The van der Waals surface area contributed by atoms with Gasteiger partial charge in [0.25, 0.3) is 0 Å². The second-order valence-electron chi connectivity index (χ2n) is 2.64. The Bertz CT molecular complexity index is 160. The highest BCUT2D eigenvalue weighted by molar-refractivity contribution is 5.61. The molecule has 1 aliphatic heterocycles. The Kier molecular flexibility index (Phi) is 2.73. The van der Waals surface area contributed by atoms with Gasteiger partial charge in [-0.05, 0) is 6.42 Å². The van der Waals surface area contributed by atoms with Gasteiger partial charge >= 0.3 is 0 Å². The van der Waals surface area contributed by atoms with Gasteiger partial charge in [0.15, 0.2) is 0 Å². The monoisotopic (exact) mass is 157 g/mol. The third-order valence-electron chi connectivity index (χ3n) is 1.98. The van der Waals surface area contributed by atoms with Gasteiger partial charge in [-0.3, -0.25) is 4.90 Å². The van der Waals surface area contributed by atoms with E-state index in [9.17, 15) is 14.7 Å². The van der Waals surface area contributed by atoms with E-state index in [0.717, 1.165) is 6.29 Å². The van der Waals surface area contributed by atoms with Gasteiger partial charge in [0.1, 0.15) is 12.6 Å².